The van der Waals surface area contributed by atoms with Crippen molar-refractivity contribution >= 4 is 38.3 Å². The van der Waals surface area contributed by atoms with Crippen molar-refractivity contribution in [2.45, 2.75) is 11.4 Å². The number of nitrogens with one attached hydrogen (secondary N) is 1. The van der Waals surface area contributed by atoms with E-state index >= 15 is 0 Å². The maximum absolute atomic E-state index is 11.7. The molecule has 0 radical (unpaired) electrons. The molecule has 0 aliphatic heterocycles. The van der Waals surface area contributed by atoms with Crippen LogP contribution in [0.1, 0.15) is 5.56 Å². The minimum Gasteiger partial charge on any atom is -0.423 e. The molecule has 2 aromatic carbocycles. The van der Waals surface area contributed by atoms with Gasteiger partial charge in [0.15, 0.2) is 0 Å². The van der Waals surface area contributed by atoms with Gasteiger partial charge in [0.2, 0.25) is 10.0 Å². The highest BCUT2D eigenvalue weighted by Crippen LogP contribution is 2.22. The van der Waals surface area contributed by atoms with Gasteiger partial charge in [-0.25, -0.2) is 18.4 Å². The molecular weight excluding hydrogens is 352 g/mol. The third kappa shape index (κ3) is 3.59. The topological polar surface area (TPSA) is 102 Å². The first-order valence-electron chi connectivity index (χ1n) is 6.92. The molecule has 0 aliphatic carbocycles. The molecule has 3 rings (SSSR count). The van der Waals surface area contributed by atoms with Gasteiger partial charge in [0.05, 0.1) is 4.90 Å². The molecule has 24 heavy (non-hydrogen) atoms. The lowest BCUT2D eigenvalue weighted by molar-refractivity contribution is 0.559. The SMILES string of the molecule is NS(=O)(=O)c1ccc(NCc2cc(=O)oc3cc(Cl)ccc23)cc1. The van der Waals surface area contributed by atoms with Crippen LogP contribution in [0.3, 0.4) is 0 Å². The van der Waals surface area contributed by atoms with Gasteiger partial charge in [-0.05, 0) is 42.0 Å². The summed E-state index contributed by atoms with van der Waals surface area (Å²) >= 11 is 5.91. The molecule has 0 fully saturated rings. The molecule has 0 aliphatic rings. The van der Waals surface area contributed by atoms with Gasteiger partial charge in [-0.15, -0.1) is 0 Å². The van der Waals surface area contributed by atoms with Crippen LogP contribution in [0, 0.1) is 0 Å². The Morgan fingerprint density at radius 1 is 1.08 bits per heavy atom. The smallest absolute Gasteiger partial charge is 0.336 e. The van der Waals surface area contributed by atoms with E-state index in [0.717, 1.165) is 10.9 Å². The van der Waals surface area contributed by atoms with Gasteiger partial charge in [-0.2, -0.15) is 0 Å². The molecule has 3 N–H and O–H groups in total. The molecule has 8 heteroatoms. The van der Waals surface area contributed by atoms with Gasteiger partial charge in [0.25, 0.3) is 0 Å². The molecule has 3 aromatic rings. The predicted molar refractivity (Wildman–Crippen MR) is 92.6 cm³/mol. The lowest BCUT2D eigenvalue weighted by Crippen LogP contribution is -2.12. The second kappa shape index (κ2) is 6.27. The van der Waals surface area contributed by atoms with Gasteiger partial charge in [0, 0.05) is 34.8 Å². The van der Waals surface area contributed by atoms with Crippen LogP contribution in [0.4, 0.5) is 5.69 Å². The standard InChI is InChI=1S/C16H13ClN2O4S/c17-11-1-6-14-10(7-16(20)23-15(14)8-11)9-19-12-2-4-13(5-3-12)24(18,21)22/h1-8,19H,9H2,(H2,18,21,22). The van der Waals surface area contributed by atoms with Crippen molar-refractivity contribution in [2.24, 2.45) is 5.14 Å². The van der Waals surface area contributed by atoms with Crippen molar-refractivity contribution in [2.75, 3.05) is 5.32 Å². The van der Waals surface area contributed by atoms with Crippen molar-refractivity contribution < 1.29 is 12.8 Å². The number of sulfonamides is 1. The Kier molecular flexibility index (Phi) is 4.31. The monoisotopic (exact) mass is 364 g/mol. The van der Waals surface area contributed by atoms with E-state index in [1.807, 2.05) is 0 Å². The number of halogens is 1. The molecule has 6 nitrogen and oxygen atoms in total. The number of nitrogens with two attached hydrogens (primary N) is 1. The summed E-state index contributed by atoms with van der Waals surface area (Å²) in [6.45, 7) is 0.360. The van der Waals surface area contributed by atoms with Crippen LogP contribution >= 0.6 is 11.6 Å². The summed E-state index contributed by atoms with van der Waals surface area (Å²) < 4.78 is 27.6. The Labute approximate surface area is 142 Å². The fraction of sp³-hybridized carbons (Fsp3) is 0.0625. The summed E-state index contributed by atoms with van der Waals surface area (Å²) in [4.78, 5) is 11.7. The summed E-state index contributed by atoms with van der Waals surface area (Å²) in [6, 6.07) is 12.5. The summed E-state index contributed by atoms with van der Waals surface area (Å²) in [5, 5.41) is 9.44. The number of hydrogen-bond acceptors (Lipinski definition) is 5. The largest absolute Gasteiger partial charge is 0.423 e. The molecule has 0 unspecified atom stereocenters. The van der Waals surface area contributed by atoms with Crippen LogP contribution in [-0.4, -0.2) is 8.42 Å². The summed E-state index contributed by atoms with van der Waals surface area (Å²) in [6.07, 6.45) is 0. The van der Waals surface area contributed by atoms with Crippen LogP contribution in [0.5, 0.6) is 0 Å². The molecule has 0 saturated carbocycles. The third-order valence-electron chi connectivity index (χ3n) is 3.46. The van der Waals surface area contributed by atoms with Crippen molar-refractivity contribution in [3.63, 3.8) is 0 Å². The summed E-state index contributed by atoms with van der Waals surface area (Å²) in [5.74, 6) is 0. The second-order valence-corrected chi connectivity index (χ2v) is 7.15. The van der Waals surface area contributed by atoms with Crippen molar-refractivity contribution in [3.8, 4) is 0 Å². The maximum Gasteiger partial charge on any atom is 0.336 e. The quantitative estimate of drug-likeness (QED) is 0.693. The highest BCUT2D eigenvalue weighted by Gasteiger charge is 2.08. The zero-order valence-corrected chi connectivity index (χ0v) is 13.9. The van der Waals surface area contributed by atoms with Crippen LogP contribution in [0.15, 0.2) is 62.6 Å². The first-order chi connectivity index (χ1) is 11.3. The number of anilines is 1. The first kappa shape index (κ1) is 16.5. The van der Waals surface area contributed by atoms with Gasteiger partial charge in [0.1, 0.15) is 5.58 Å². The van der Waals surface area contributed by atoms with E-state index in [0.29, 0.717) is 22.8 Å². The zero-order chi connectivity index (χ0) is 17.3. The average Bonchev–Trinajstić information content (AvgIpc) is 2.51. The van der Waals surface area contributed by atoms with Gasteiger partial charge >= 0.3 is 5.63 Å². The predicted octanol–water partition coefficient (Wildman–Crippen LogP) is 2.71. The molecular formula is C16H13ClN2O4S. The van der Waals surface area contributed by atoms with Crippen molar-refractivity contribution in [1.29, 1.82) is 0 Å². The Morgan fingerprint density at radius 3 is 2.46 bits per heavy atom. The third-order valence-corrected chi connectivity index (χ3v) is 4.62. The Balaban J connectivity index is 1.87. The van der Waals surface area contributed by atoms with Gasteiger partial charge in [-0.3, -0.25) is 0 Å². The average molecular weight is 365 g/mol. The number of primary sulfonamides is 1. The van der Waals surface area contributed by atoms with E-state index in [1.54, 1.807) is 30.3 Å². The van der Waals surface area contributed by atoms with Crippen LogP contribution < -0.4 is 16.1 Å². The van der Waals surface area contributed by atoms with Crippen LogP contribution in [0.25, 0.3) is 11.0 Å². The fourth-order valence-electron chi connectivity index (χ4n) is 2.31. The van der Waals surface area contributed by atoms with E-state index < -0.39 is 15.6 Å². The molecule has 1 aromatic heterocycles. The van der Waals surface area contributed by atoms with Crippen LogP contribution in [0.2, 0.25) is 5.02 Å². The molecule has 1 heterocycles. The second-order valence-electron chi connectivity index (χ2n) is 5.15. The number of rotatable bonds is 4. The van der Waals surface area contributed by atoms with E-state index in [1.165, 1.54) is 18.2 Å². The highest BCUT2D eigenvalue weighted by atomic mass is 35.5. The van der Waals surface area contributed by atoms with Crippen molar-refractivity contribution in [1.82, 2.24) is 0 Å². The van der Waals surface area contributed by atoms with Gasteiger partial charge in [-0.1, -0.05) is 11.6 Å². The van der Waals surface area contributed by atoms with E-state index in [4.69, 9.17) is 21.2 Å². The Hall–Kier alpha value is -2.35. The molecule has 0 saturated heterocycles. The maximum atomic E-state index is 11.7. The highest BCUT2D eigenvalue weighted by molar-refractivity contribution is 7.89. The minimum absolute atomic E-state index is 0.0356. The fourth-order valence-corrected chi connectivity index (χ4v) is 2.99. The lowest BCUT2D eigenvalue weighted by Gasteiger charge is -2.09. The van der Waals surface area contributed by atoms with Crippen molar-refractivity contribution in [3.05, 3.63) is 69.5 Å². The molecule has 0 spiro atoms. The molecule has 124 valence electrons. The number of hydrogen-bond donors (Lipinski definition) is 2. The van der Waals surface area contributed by atoms with E-state index in [2.05, 4.69) is 5.32 Å². The number of benzene rings is 2. The molecule has 0 amide bonds. The number of fused-ring (bicyclic) bond motifs is 1. The van der Waals surface area contributed by atoms with Gasteiger partial charge < -0.3 is 9.73 Å². The van der Waals surface area contributed by atoms with Crippen LogP contribution in [-0.2, 0) is 16.6 Å². The van der Waals surface area contributed by atoms with E-state index in [-0.39, 0.29) is 4.90 Å². The van der Waals surface area contributed by atoms with E-state index in [9.17, 15) is 13.2 Å². The Bertz CT molecular complexity index is 1060. The first-order valence-corrected chi connectivity index (χ1v) is 8.84. The molecule has 0 atom stereocenters. The summed E-state index contributed by atoms with van der Waals surface area (Å²) in [7, 11) is -3.72. The minimum atomic E-state index is -3.72. The zero-order valence-electron chi connectivity index (χ0n) is 12.3. The lowest BCUT2D eigenvalue weighted by atomic mass is 10.1. The Morgan fingerprint density at radius 2 is 1.79 bits per heavy atom. The normalized spacial score (nSPS) is 11.6. The summed E-state index contributed by atoms with van der Waals surface area (Å²) in [5.41, 5.74) is 1.38. The molecule has 0 bridgehead atoms.